The molecule has 0 radical (unpaired) electrons. The first kappa shape index (κ1) is 15.4. The largest absolute Gasteiger partial charge is 0.0722 e. The summed E-state index contributed by atoms with van der Waals surface area (Å²) in [4.78, 5) is 0. The number of hydrogen-bond donors (Lipinski definition) is 0. The lowest BCUT2D eigenvalue weighted by molar-refractivity contribution is 0.496. The number of allylic oxidation sites excluding steroid dienone is 4. The molecule has 0 heterocycles. The third-order valence-corrected chi connectivity index (χ3v) is 5.77. The molecule has 24 heavy (non-hydrogen) atoms. The van der Waals surface area contributed by atoms with Gasteiger partial charge >= 0.3 is 0 Å². The van der Waals surface area contributed by atoms with Crippen molar-refractivity contribution in [2.75, 3.05) is 0 Å². The van der Waals surface area contributed by atoms with Gasteiger partial charge in [0.05, 0.1) is 0 Å². The lowest BCUT2D eigenvalue weighted by Crippen LogP contribution is -2.02. The molecule has 1 unspecified atom stereocenters. The van der Waals surface area contributed by atoms with E-state index >= 15 is 0 Å². The lowest BCUT2D eigenvalue weighted by Gasteiger charge is -2.16. The second-order valence-electron chi connectivity index (χ2n) is 7.65. The van der Waals surface area contributed by atoms with Gasteiger partial charge in [0.25, 0.3) is 0 Å². The highest BCUT2D eigenvalue weighted by Gasteiger charge is 2.25. The van der Waals surface area contributed by atoms with Gasteiger partial charge in [-0.05, 0) is 77.0 Å². The van der Waals surface area contributed by atoms with Gasteiger partial charge in [-0.3, -0.25) is 0 Å². The number of benzene rings is 2. The average molecular weight is 314 g/mol. The van der Waals surface area contributed by atoms with Crippen molar-refractivity contribution in [1.29, 1.82) is 0 Å². The van der Waals surface area contributed by atoms with Crippen LogP contribution in [0.5, 0.6) is 0 Å². The standard InChI is InChI=1S/C24H26/c1-16(2)22-12-11-21-15-19(10-13-24(21)22)18-8-9-20(14-18)23-7-5-4-6-17(23)3/h4-7,9-10,13-16,22H,8,11-12H2,1-3H3. The highest BCUT2D eigenvalue weighted by molar-refractivity contribution is 5.90. The molecule has 0 fully saturated rings. The van der Waals surface area contributed by atoms with E-state index in [1.165, 1.54) is 40.7 Å². The van der Waals surface area contributed by atoms with E-state index in [0.29, 0.717) is 0 Å². The molecule has 0 amide bonds. The molecule has 2 aliphatic rings. The van der Waals surface area contributed by atoms with E-state index in [2.05, 4.69) is 75.4 Å². The summed E-state index contributed by atoms with van der Waals surface area (Å²) in [5, 5.41) is 0. The van der Waals surface area contributed by atoms with Crippen molar-refractivity contribution in [2.45, 2.75) is 46.0 Å². The zero-order valence-electron chi connectivity index (χ0n) is 15.0. The van der Waals surface area contributed by atoms with Crippen LogP contribution < -0.4 is 0 Å². The minimum Gasteiger partial charge on any atom is -0.0722 e. The fraction of sp³-hybridized carbons (Fsp3) is 0.333. The summed E-state index contributed by atoms with van der Waals surface area (Å²) in [6.45, 7) is 6.90. The van der Waals surface area contributed by atoms with Crippen LogP contribution in [0.1, 0.15) is 60.4 Å². The molecular weight excluding hydrogens is 288 g/mol. The smallest absolute Gasteiger partial charge is 0.00821 e. The first-order chi connectivity index (χ1) is 11.6. The summed E-state index contributed by atoms with van der Waals surface area (Å²) in [5.74, 6) is 1.50. The number of hydrogen-bond acceptors (Lipinski definition) is 0. The number of rotatable bonds is 3. The second kappa shape index (κ2) is 6.09. The Bertz CT molecular complexity index is 833. The van der Waals surface area contributed by atoms with Crippen molar-refractivity contribution < 1.29 is 0 Å². The van der Waals surface area contributed by atoms with Gasteiger partial charge in [-0.1, -0.05) is 68.5 Å². The summed E-state index contributed by atoms with van der Waals surface area (Å²) in [5.41, 5.74) is 10.2. The van der Waals surface area contributed by atoms with E-state index in [1.54, 1.807) is 11.1 Å². The molecule has 0 saturated heterocycles. The molecule has 0 N–H and O–H groups in total. The van der Waals surface area contributed by atoms with E-state index in [0.717, 1.165) is 18.3 Å². The fourth-order valence-corrected chi connectivity index (χ4v) is 4.35. The van der Waals surface area contributed by atoms with Crippen LogP contribution in [-0.4, -0.2) is 0 Å². The molecule has 0 nitrogen and oxygen atoms in total. The van der Waals surface area contributed by atoms with E-state index in [-0.39, 0.29) is 0 Å². The van der Waals surface area contributed by atoms with E-state index in [9.17, 15) is 0 Å². The summed E-state index contributed by atoms with van der Waals surface area (Å²) in [7, 11) is 0. The van der Waals surface area contributed by atoms with Crippen LogP contribution in [0, 0.1) is 12.8 Å². The molecule has 2 aromatic rings. The molecule has 2 aromatic carbocycles. The van der Waals surface area contributed by atoms with E-state index in [4.69, 9.17) is 0 Å². The van der Waals surface area contributed by atoms with Gasteiger partial charge in [0, 0.05) is 0 Å². The third kappa shape index (κ3) is 2.65. The van der Waals surface area contributed by atoms with Crippen LogP contribution >= 0.6 is 0 Å². The Labute approximate surface area is 145 Å². The van der Waals surface area contributed by atoms with Crippen molar-refractivity contribution in [1.82, 2.24) is 0 Å². The molecule has 0 bridgehead atoms. The quantitative estimate of drug-likeness (QED) is 0.602. The summed E-state index contributed by atoms with van der Waals surface area (Å²) in [6, 6.07) is 15.9. The Kier molecular flexibility index (Phi) is 3.92. The second-order valence-corrected chi connectivity index (χ2v) is 7.65. The van der Waals surface area contributed by atoms with Crippen LogP contribution in [0.3, 0.4) is 0 Å². The summed E-state index contributed by atoms with van der Waals surface area (Å²) < 4.78 is 0. The Morgan fingerprint density at radius 2 is 1.88 bits per heavy atom. The lowest BCUT2D eigenvalue weighted by atomic mass is 9.89. The highest BCUT2D eigenvalue weighted by Crippen LogP contribution is 2.40. The van der Waals surface area contributed by atoms with Crippen molar-refractivity contribution in [3.63, 3.8) is 0 Å². The van der Waals surface area contributed by atoms with E-state index in [1.807, 2.05) is 0 Å². The first-order valence-corrected chi connectivity index (χ1v) is 9.23. The van der Waals surface area contributed by atoms with Crippen molar-refractivity contribution >= 4 is 11.1 Å². The van der Waals surface area contributed by atoms with Crippen molar-refractivity contribution in [3.05, 3.63) is 82.4 Å². The van der Waals surface area contributed by atoms with Crippen LogP contribution in [0.15, 0.2) is 54.6 Å². The summed E-state index contributed by atoms with van der Waals surface area (Å²) >= 11 is 0. The van der Waals surface area contributed by atoms with Gasteiger partial charge in [0.2, 0.25) is 0 Å². The van der Waals surface area contributed by atoms with Gasteiger partial charge in [-0.15, -0.1) is 0 Å². The fourth-order valence-electron chi connectivity index (χ4n) is 4.35. The maximum absolute atomic E-state index is 2.46. The Balaban J connectivity index is 1.63. The van der Waals surface area contributed by atoms with Gasteiger partial charge in [0.1, 0.15) is 0 Å². The van der Waals surface area contributed by atoms with Crippen molar-refractivity contribution in [3.8, 4) is 0 Å². The van der Waals surface area contributed by atoms with E-state index < -0.39 is 0 Å². The topological polar surface area (TPSA) is 0 Å². The number of fused-ring (bicyclic) bond motifs is 1. The molecule has 0 heteroatoms. The predicted molar refractivity (Wildman–Crippen MR) is 104 cm³/mol. The maximum atomic E-state index is 2.46. The normalized spacial score (nSPS) is 19.4. The first-order valence-electron chi connectivity index (χ1n) is 9.23. The minimum atomic E-state index is 0.747. The molecular formula is C24H26. The maximum Gasteiger partial charge on any atom is -0.00821 e. The Hall–Kier alpha value is -2.08. The number of aryl methyl sites for hydroxylation is 2. The van der Waals surface area contributed by atoms with Gasteiger partial charge < -0.3 is 0 Å². The zero-order valence-corrected chi connectivity index (χ0v) is 15.0. The molecule has 0 aliphatic heterocycles. The van der Waals surface area contributed by atoms with Gasteiger partial charge in [-0.25, -0.2) is 0 Å². The molecule has 4 rings (SSSR count). The highest BCUT2D eigenvalue weighted by atomic mass is 14.3. The van der Waals surface area contributed by atoms with Crippen LogP contribution in [0.2, 0.25) is 0 Å². The third-order valence-electron chi connectivity index (χ3n) is 5.77. The van der Waals surface area contributed by atoms with Crippen LogP contribution in [0.4, 0.5) is 0 Å². The van der Waals surface area contributed by atoms with Crippen molar-refractivity contribution in [2.24, 2.45) is 5.92 Å². The molecule has 122 valence electrons. The van der Waals surface area contributed by atoms with Crippen LogP contribution in [-0.2, 0) is 6.42 Å². The predicted octanol–water partition coefficient (Wildman–Crippen LogP) is 6.55. The minimum absolute atomic E-state index is 0.747. The van der Waals surface area contributed by atoms with Gasteiger partial charge in [-0.2, -0.15) is 0 Å². The zero-order chi connectivity index (χ0) is 16.7. The van der Waals surface area contributed by atoms with Crippen LogP contribution in [0.25, 0.3) is 11.1 Å². The SMILES string of the molecule is Cc1ccccc1C1=CCC(c2ccc3c(c2)CCC3C(C)C)=C1. The average Bonchev–Trinajstić information content (AvgIpc) is 3.21. The molecule has 0 aromatic heterocycles. The Morgan fingerprint density at radius 1 is 1.04 bits per heavy atom. The molecule has 0 spiro atoms. The summed E-state index contributed by atoms with van der Waals surface area (Å²) in [6.07, 6.45) is 8.39. The molecule has 2 aliphatic carbocycles. The molecule has 1 atom stereocenters. The Morgan fingerprint density at radius 3 is 2.67 bits per heavy atom. The molecule has 0 saturated carbocycles. The van der Waals surface area contributed by atoms with Gasteiger partial charge in [0.15, 0.2) is 0 Å². The monoisotopic (exact) mass is 314 g/mol.